The van der Waals surface area contributed by atoms with Crippen molar-refractivity contribution in [3.8, 4) is 5.75 Å². The van der Waals surface area contributed by atoms with Crippen molar-refractivity contribution in [3.05, 3.63) is 83.9 Å². The van der Waals surface area contributed by atoms with Crippen LogP contribution in [0.25, 0.3) is 0 Å². The molecule has 0 radical (unpaired) electrons. The monoisotopic (exact) mass is 471 g/mol. The fourth-order valence-corrected chi connectivity index (χ4v) is 6.21. The summed E-state index contributed by atoms with van der Waals surface area (Å²) in [6.45, 7) is 7.38. The molecule has 0 unspecified atom stereocenters. The molecule has 35 heavy (non-hydrogen) atoms. The fourth-order valence-electron chi connectivity index (χ4n) is 6.21. The number of ether oxygens (including phenoxy) is 2. The smallest absolute Gasteiger partial charge is 0.253 e. The van der Waals surface area contributed by atoms with E-state index in [0.717, 1.165) is 55.8 Å². The molecule has 0 N–H and O–H groups in total. The summed E-state index contributed by atoms with van der Waals surface area (Å²) in [7, 11) is 0. The van der Waals surface area contributed by atoms with Crippen molar-refractivity contribution >= 4 is 5.91 Å². The topological polar surface area (TPSA) is 56.6 Å². The maximum atomic E-state index is 13.3. The summed E-state index contributed by atoms with van der Waals surface area (Å²) in [4.78, 5) is 19.5. The summed E-state index contributed by atoms with van der Waals surface area (Å²) in [5.74, 6) is 1.37. The van der Waals surface area contributed by atoms with Crippen LogP contribution in [0.15, 0.2) is 67.3 Å². The van der Waals surface area contributed by atoms with E-state index < -0.39 is 0 Å². The Morgan fingerprint density at radius 2 is 1.94 bits per heavy atom. The predicted molar refractivity (Wildman–Crippen MR) is 133 cm³/mol. The number of benzene rings is 2. The molecular weight excluding hydrogens is 438 g/mol. The van der Waals surface area contributed by atoms with Gasteiger partial charge in [-0.25, -0.2) is 4.98 Å². The van der Waals surface area contributed by atoms with Gasteiger partial charge in [0.05, 0.1) is 19.0 Å². The molecule has 1 spiro atoms. The molecule has 4 heterocycles. The fraction of sp³-hybridized carbons (Fsp3) is 0.448. The molecular formula is C29H33N3O3. The Morgan fingerprint density at radius 3 is 2.74 bits per heavy atom. The molecule has 3 aliphatic rings. The molecule has 3 aliphatic heterocycles. The van der Waals surface area contributed by atoms with Crippen LogP contribution in [-0.4, -0.2) is 45.7 Å². The standard InChI is InChI=1S/C29H33N3O3/c1-28(2)24-17-29(19-34-26(24)23-8-3-4-9-25(23)35-28)10-13-32(14-11-29)27(33)22-7-5-6-21(16-22)18-31-15-12-30-20-31/h3-9,12,15-16,20,24,26H,10-11,13-14,17-19H2,1-2H3/t24-,26+/m0/s1. The van der Waals surface area contributed by atoms with Gasteiger partial charge in [-0.3, -0.25) is 4.79 Å². The van der Waals surface area contributed by atoms with Crippen LogP contribution >= 0.6 is 0 Å². The maximum Gasteiger partial charge on any atom is 0.253 e. The van der Waals surface area contributed by atoms with Crippen molar-refractivity contribution in [2.75, 3.05) is 19.7 Å². The lowest BCUT2D eigenvalue weighted by Crippen LogP contribution is -2.54. The average Bonchev–Trinajstić information content (AvgIpc) is 3.37. The Kier molecular flexibility index (Phi) is 5.44. The van der Waals surface area contributed by atoms with Crippen molar-refractivity contribution in [3.63, 3.8) is 0 Å². The molecule has 6 nitrogen and oxygen atoms in total. The molecule has 0 aliphatic carbocycles. The van der Waals surface area contributed by atoms with Crippen molar-refractivity contribution in [2.24, 2.45) is 11.3 Å². The Labute approximate surface area is 206 Å². The largest absolute Gasteiger partial charge is 0.487 e. The second kappa shape index (κ2) is 8.52. The number of imidazole rings is 1. The van der Waals surface area contributed by atoms with Gasteiger partial charge in [0.25, 0.3) is 5.91 Å². The first-order chi connectivity index (χ1) is 16.9. The van der Waals surface area contributed by atoms with Crippen LogP contribution in [0.3, 0.4) is 0 Å². The Bertz CT molecular complexity index is 1210. The molecule has 2 fully saturated rings. The second-order valence-corrected chi connectivity index (χ2v) is 11.0. The number of carbonyl (C=O) groups excluding carboxylic acids is 1. The molecule has 0 bridgehead atoms. The molecule has 0 saturated carbocycles. The molecule has 6 rings (SSSR count). The first kappa shape index (κ1) is 22.4. The van der Waals surface area contributed by atoms with E-state index >= 15 is 0 Å². The summed E-state index contributed by atoms with van der Waals surface area (Å²) in [6.07, 6.45) is 8.59. The van der Waals surface area contributed by atoms with Crippen molar-refractivity contribution in [1.29, 1.82) is 0 Å². The highest BCUT2D eigenvalue weighted by molar-refractivity contribution is 5.94. The number of rotatable bonds is 3. The van der Waals surface area contributed by atoms with Gasteiger partial charge in [-0.15, -0.1) is 0 Å². The highest BCUT2D eigenvalue weighted by Gasteiger charge is 2.52. The highest BCUT2D eigenvalue weighted by Crippen LogP contribution is 2.55. The first-order valence-electron chi connectivity index (χ1n) is 12.7. The number of amides is 1. The number of hydrogen-bond donors (Lipinski definition) is 0. The van der Waals surface area contributed by atoms with E-state index in [1.54, 1.807) is 12.5 Å². The van der Waals surface area contributed by atoms with E-state index in [4.69, 9.17) is 9.47 Å². The van der Waals surface area contributed by atoms with Crippen LogP contribution in [0, 0.1) is 11.3 Å². The summed E-state index contributed by atoms with van der Waals surface area (Å²) in [6, 6.07) is 16.3. The average molecular weight is 472 g/mol. The zero-order valence-corrected chi connectivity index (χ0v) is 20.5. The lowest BCUT2D eigenvalue weighted by Gasteiger charge is -2.54. The summed E-state index contributed by atoms with van der Waals surface area (Å²) in [5, 5.41) is 0. The first-order valence-corrected chi connectivity index (χ1v) is 12.7. The van der Waals surface area contributed by atoms with Crippen LogP contribution in [0.1, 0.15) is 60.7 Å². The van der Waals surface area contributed by atoms with E-state index in [0.29, 0.717) is 12.5 Å². The van der Waals surface area contributed by atoms with Gasteiger partial charge >= 0.3 is 0 Å². The van der Waals surface area contributed by atoms with Crippen molar-refractivity contribution in [1.82, 2.24) is 14.5 Å². The highest BCUT2D eigenvalue weighted by atomic mass is 16.5. The van der Waals surface area contributed by atoms with Crippen LogP contribution in [-0.2, 0) is 11.3 Å². The van der Waals surface area contributed by atoms with Gasteiger partial charge in [-0.05, 0) is 62.3 Å². The number of likely N-dealkylation sites (tertiary alicyclic amines) is 1. The molecule has 182 valence electrons. The summed E-state index contributed by atoms with van der Waals surface area (Å²) >= 11 is 0. The van der Waals surface area contributed by atoms with E-state index in [1.165, 1.54) is 5.56 Å². The minimum Gasteiger partial charge on any atom is -0.487 e. The van der Waals surface area contributed by atoms with Gasteiger partial charge < -0.3 is 18.9 Å². The quantitative estimate of drug-likeness (QED) is 0.533. The Morgan fingerprint density at radius 1 is 1.11 bits per heavy atom. The van der Waals surface area contributed by atoms with Gasteiger partial charge in [0, 0.05) is 49.1 Å². The third-order valence-corrected chi connectivity index (χ3v) is 8.29. The van der Waals surface area contributed by atoms with E-state index in [-0.39, 0.29) is 23.0 Å². The molecule has 3 aromatic rings. The Hall–Kier alpha value is -3.12. The lowest BCUT2D eigenvalue weighted by atomic mass is 9.64. The maximum absolute atomic E-state index is 13.3. The number of piperidine rings is 1. The van der Waals surface area contributed by atoms with Gasteiger partial charge in [0.15, 0.2) is 0 Å². The SMILES string of the molecule is CC1(C)Oc2ccccc2[C@H]2OCC3(CCN(C(=O)c4cccc(Cn5ccnc5)c4)CC3)C[C@@H]21. The molecule has 2 atom stereocenters. The molecule has 1 aromatic heterocycles. The van der Waals surface area contributed by atoms with Gasteiger partial charge in [-0.1, -0.05) is 30.3 Å². The third kappa shape index (κ3) is 4.14. The normalized spacial score (nSPS) is 24.3. The van der Waals surface area contributed by atoms with Gasteiger partial charge in [0.1, 0.15) is 11.4 Å². The number of nitrogens with zero attached hydrogens (tertiary/aromatic N) is 3. The minimum absolute atomic E-state index is 0.0819. The number of carbonyl (C=O) groups is 1. The predicted octanol–water partition coefficient (Wildman–Crippen LogP) is 5.10. The zero-order valence-electron chi connectivity index (χ0n) is 20.5. The summed E-state index contributed by atoms with van der Waals surface area (Å²) in [5.41, 5.74) is 2.86. The number of hydrogen-bond acceptors (Lipinski definition) is 4. The minimum atomic E-state index is -0.283. The van der Waals surface area contributed by atoms with Crippen LogP contribution in [0.5, 0.6) is 5.75 Å². The molecule has 2 saturated heterocycles. The van der Waals surface area contributed by atoms with Crippen molar-refractivity contribution < 1.29 is 14.3 Å². The van der Waals surface area contributed by atoms with Crippen LogP contribution in [0.2, 0.25) is 0 Å². The molecule has 6 heteroatoms. The third-order valence-electron chi connectivity index (χ3n) is 8.29. The van der Waals surface area contributed by atoms with E-state index in [9.17, 15) is 4.79 Å². The summed E-state index contributed by atoms with van der Waals surface area (Å²) < 4.78 is 15.0. The number of aromatic nitrogens is 2. The van der Waals surface area contributed by atoms with Gasteiger partial charge in [-0.2, -0.15) is 0 Å². The van der Waals surface area contributed by atoms with Crippen molar-refractivity contribution in [2.45, 2.75) is 51.4 Å². The van der Waals surface area contributed by atoms with Crippen LogP contribution in [0.4, 0.5) is 0 Å². The van der Waals surface area contributed by atoms with E-state index in [2.05, 4.69) is 43.1 Å². The molecule has 2 aromatic carbocycles. The lowest BCUT2D eigenvalue weighted by molar-refractivity contribution is -0.173. The molecule has 1 amide bonds. The van der Waals surface area contributed by atoms with Crippen LogP contribution < -0.4 is 4.74 Å². The van der Waals surface area contributed by atoms with Gasteiger partial charge in [0.2, 0.25) is 0 Å². The zero-order chi connectivity index (χ0) is 24.0. The number of fused-ring (bicyclic) bond motifs is 3. The Balaban J connectivity index is 1.13. The second-order valence-electron chi connectivity index (χ2n) is 11.0. The van der Waals surface area contributed by atoms with E-state index in [1.807, 2.05) is 39.9 Å². The number of para-hydroxylation sites is 1.